The first-order valence-electron chi connectivity index (χ1n) is 10.1. The average molecular weight is 551 g/mol. The van der Waals surface area contributed by atoms with Crippen molar-refractivity contribution in [2.45, 2.75) is 25.3 Å². The zero-order chi connectivity index (χ0) is 24.9. The number of piperazine rings is 1. The largest absolute Gasteiger partial charge is 0.485 e. The number of aromatic amines is 1. The van der Waals surface area contributed by atoms with E-state index in [2.05, 4.69) is 36.1 Å². The highest BCUT2D eigenvalue weighted by Gasteiger charge is 2.32. The quantitative estimate of drug-likeness (QED) is 0.490. The fourth-order valence-corrected chi connectivity index (χ4v) is 3.37. The maximum absolute atomic E-state index is 12.6. The molecule has 2 aromatic heterocycles. The number of aliphatic hydroxyl groups is 1. The van der Waals surface area contributed by atoms with Gasteiger partial charge in [-0.05, 0) is 22.9 Å². The highest BCUT2D eigenvalue weighted by Crippen LogP contribution is 2.28. The summed E-state index contributed by atoms with van der Waals surface area (Å²) in [5.41, 5.74) is -1.38. The minimum Gasteiger partial charge on any atom is -0.485 e. The summed E-state index contributed by atoms with van der Waals surface area (Å²) in [4.78, 5) is 34.6. The van der Waals surface area contributed by atoms with Gasteiger partial charge in [-0.3, -0.25) is 9.59 Å². The van der Waals surface area contributed by atoms with Crippen molar-refractivity contribution >= 4 is 27.8 Å². The Morgan fingerprint density at radius 1 is 1.21 bits per heavy atom. The molecule has 1 aliphatic heterocycles. The lowest BCUT2D eigenvalue weighted by Crippen LogP contribution is -2.52. The Labute approximate surface area is 200 Å². The van der Waals surface area contributed by atoms with Gasteiger partial charge >= 0.3 is 6.18 Å². The molecular weight excluding hydrogens is 529 g/mol. The number of aliphatic hydroxyl groups excluding tert-OH is 1. The number of hydrogen-bond donors (Lipinski definition) is 2. The standard InChI is InChI=1S/C19H22BrF3N6O5/c1-11(34-14-8-26-27-16(31)15(14)20)9-33-10-13(30)17(32)28-2-4-29(5-3-28)18-24-6-12(7-25-18)19(21,22)23/h6-8,11,13,30H,2-5,9-10H2,1H3,(H,27,31)/t11-,13-/m0/s1. The van der Waals surface area contributed by atoms with Crippen molar-refractivity contribution in [1.29, 1.82) is 0 Å². The van der Waals surface area contributed by atoms with Crippen LogP contribution in [0.2, 0.25) is 0 Å². The van der Waals surface area contributed by atoms with Crippen molar-refractivity contribution in [2.75, 3.05) is 44.3 Å². The van der Waals surface area contributed by atoms with Crippen LogP contribution in [0.25, 0.3) is 0 Å². The van der Waals surface area contributed by atoms with Crippen LogP contribution >= 0.6 is 15.9 Å². The number of alkyl halides is 3. The third kappa shape index (κ3) is 6.64. The Bertz CT molecular complexity index is 1030. The first-order valence-corrected chi connectivity index (χ1v) is 10.9. The van der Waals surface area contributed by atoms with Gasteiger partial charge in [-0.1, -0.05) is 0 Å². The van der Waals surface area contributed by atoms with Crippen LogP contribution in [0.1, 0.15) is 12.5 Å². The minimum absolute atomic E-state index is 0.0443. The number of aromatic nitrogens is 4. The van der Waals surface area contributed by atoms with Crippen molar-refractivity contribution in [3.05, 3.63) is 39.0 Å². The predicted molar refractivity (Wildman–Crippen MR) is 115 cm³/mol. The molecule has 1 fully saturated rings. The highest BCUT2D eigenvalue weighted by molar-refractivity contribution is 9.10. The molecule has 2 N–H and O–H groups in total. The molecule has 2 atom stereocenters. The number of anilines is 1. The summed E-state index contributed by atoms with van der Waals surface area (Å²) in [6.07, 6.45) is -3.63. The summed E-state index contributed by atoms with van der Waals surface area (Å²) in [6.45, 7) is 2.55. The van der Waals surface area contributed by atoms with Gasteiger partial charge in [0.2, 0.25) is 5.95 Å². The Hall–Kier alpha value is -2.78. The second-order valence-electron chi connectivity index (χ2n) is 7.44. The molecule has 2 aromatic rings. The summed E-state index contributed by atoms with van der Waals surface area (Å²) in [6, 6.07) is 0. The molecule has 3 rings (SSSR count). The van der Waals surface area contributed by atoms with E-state index in [1.807, 2.05) is 0 Å². The maximum atomic E-state index is 12.6. The molecule has 0 aromatic carbocycles. The van der Waals surface area contributed by atoms with Crippen molar-refractivity contribution in [3.63, 3.8) is 0 Å². The molecule has 1 saturated heterocycles. The molecule has 0 bridgehead atoms. The lowest BCUT2D eigenvalue weighted by atomic mass is 10.2. The first kappa shape index (κ1) is 25.8. The SMILES string of the molecule is C[C@@H](COC[C@H](O)C(=O)N1CCN(c2ncc(C(F)(F)F)cn2)CC1)Oc1cn[nH]c(=O)c1Br. The molecule has 0 unspecified atom stereocenters. The van der Waals surface area contributed by atoms with E-state index in [1.165, 1.54) is 11.1 Å². The number of carbonyl (C=O) groups is 1. The molecule has 0 saturated carbocycles. The summed E-state index contributed by atoms with van der Waals surface area (Å²) >= 11 is 3.10. The molecule has 3 heterocycles. The number of carbonyl (C=O) groups excluding carboxylic acids is 1. The third-order valence-corrected chi connectivity index (χ3v) is 5.60. The normalized spacial score (nSPS) is 16.3. The van der Waals surface area contributed by atoms with E-state index in [-0.39, 0.29) is 42.5 Å². The van der Waals surface area contributed by atoms with Gasteiger partial charge in [0.1, 0.15) is 10.6 Å². The van der Waals surface area contributed by atoms with E-state index in [0.717, 1.165) is 12.4 Å². The lowest BCUT2D eigenvalue weighted by Gasteiger charge is -2.35. The molecule has 11 nitrogen and oxygen atoms in total. The van der Waals surface area contributed by atoms with E-state index in [9.17, 15) is 27.9 Å². The molecule has 15 heteroatoms. The fourth-order valence-electron chi connectivity index (χ4n) is 3.09. The number of nitrogens with one attached hydrogen (secondary N) is 1. The zero-order valence-corrected chi connectivity index (χ0v) is 19.5. The molecular formula is C19H22BrF3N6O5. The number of amides is 1. The Kier molecular flexibility index (Phi) is 8.43. The summed E-state index contributed by atoms with van der Waals surface area (Å²) in [5, 5.41) is 16.1. The number of ether oxygens (including phenoxy) is 2. The van der Waals surface area contributed by atoms with Crippen molar-refractivity contribution in [1.82, 2.24) is 25.1 Å². The smallest absolute Gasteiger partial charge is 0.419 e. The minimum atomic E-state index is -4.51. The van der Waals surface area contributed by atoms with Crippen LogP contribution in [0.3, 0.4) is 0 Å². The number of hydrogen-bond acceptors (Lipinski definition) is 9. The van der Waals surface area contributed by atoms with Gasteiger partial charge < -0.3 is 24.4 Å². The van der Waals surface area contributed by atoms with E-state index < -0.39 is 35.4 Å². The second-order valence-corrected chi connectivity index (χ2v) is 8.23. The van der Waals surface area contributed by atoms with Gasteiger partial charge in [-0.25, -0.2) is 15.1 Å². The van der Waals surface area contributed by atoms with Crippen molar-refractivity contribution in [3.8, 4) is 5.75 Å². The van der Waals surface area contributed by atoms with Crippen molar-refractivity contribution < 1.29 is 32.5 Å². The van der Waals surface area contributed by atoms with Gasteiger partial charge in [-0.2, -0.15) is 18.3 Å². The van der Waals surface area contributed by atoms with Crippen LogP contribution in [0.15, 0.2) is 27.9 Å². The molecule has 34 heavy (non-hydrogen) atoms. The van der Waals surface area contributed by atoms with Crippen LogP contribution in [0, 0.1) is 0 Å². The highest BCUT2D eigenvalue weighted by atomic mass is 79.9. The monoisotopic (exact) mass is 550 g/mol. The molecule has 186 valence electrons. The number of halogens is 4. The fraction of sp³-hybridized carbons (Fsp3) is 0.526. The first-order chi connectivity index (χ1) is 16.1. The summed E-state index contributed by atoms with van der Waals surface area (Å²) in [5.74, 6) is -0.158. The van der Waals surface area contributed by atoms with E-state index in [0.29, 0.717) is 13.1 Å². The van der Waals surface area contributed by atoms with Gasteiger partial charge in [0.05, 0.1) is 25.0 Å². The second kappa shape index (κ2) is 11.1. The van der Waals surface area contributed by atoms with E-state index in [1.54, 1.807) is 11.8 Å². The van der Waals surface area contributed by atoms with Crippen LogP contribution < -0.4 is 15.2 Å². The number of rotatable bonds is 8. The van der Waals surface area contributed by atoms with Crippen LogP contribution in [-0.4, -0.2) is 87.7 Å². The van der Waals surface area contributed by atoms with Gasteiger partial charge in [0.25, 0.3) is 11.5 Å². The molecule has 0 spiro atoms. The number of nitrogens with zero attached hydrogens (tertiary/aromatic N) is 5. The van der Waals surface area contributed by atoms with Gasteiger partial charge in [0, 0.05) is 38.6 Å². The Morgan fingerprint density at radius 3 is 2.47 bits per heavy atom. The Balaban J connectivity index is 1.41. The third-order valence-electron chi connectivity index (χ3n) is 4.84. The lowest BCUT2D eigenvalue weighted by molar-refractivity contribution is -0.144. The Morgan fingerprint density at radius 2 is 1.85 bits per heavy atom. The summed E-state index contributed by atoms with van der Waals surface area (Å²) in [7, 11) is 0. The predicted octanol–water partition coefficient (Wildman–Crippen LogP) is 0.835. The molecule has 1 amide bonds. The van der Waals surface area contributed by atoms with Gasteiger partial charge in [0.15, 0.2) is 11.9 Å². The van der Waals surface area contributed by atoms with Crippen LogP contribution in [-0.2, 0) is 15.7 Å². The van der Waals surface area contributed by atoms with Gasteiger partial charge in [-0.15, -0.1) is 0 Å². The molecule has 0 aliphatic carbocycles. The number of H-pyrrole nitrogens is 1. The maximum Gasteiger partial charge on any atom is 0.419 e. The van der Waals surface area contributed by atoms with Crippen molar-refractivity contribution in [2.24, 2.45) is 0 Å². The average Bonchev–Trinajstić information content (AvgIpc) is 2.81. The molecule has 1 aliphatic rings. The van der Waals surface area contributed by atoms with Crippen LogP contribution in [0.4, 0.5) is 19.1 Å². The van der Waals surface area contributed by atoms with E-state index >= 15 is 0 Å². The van der Waals surface area contributed by atoms with E-state index in [4.69, 9.17) is 9.47 Å². The van der Waals surface area contributed by atoms with Crippen LogP contribution in [0.5, 0.6) is 5.75 Å². The molecule has 0 radical (unpaired) electrons. The summed E-state index contributed by atoms with van der Waals surface area (Å²) < 4.78 is 49.0. The topological polar surface area (TPSA) is 134 Å². The zero-order valence-electron chi connectivity index (χ0n) is 18.0.